The highest BCUT2D eigenvalue weighted by atomic mass is 19.1. The molecule has 1 amide bonds. The number of nitrogens with one attached hydrogen (secondary N) is 1. The van der Waals surface area contributed by atoms with Crippen LogP contribution in [0.25, 0.3) is 5.52 Å². The Kier molecular flexibility index (Phi) is 8.90. The van der Waals surface area contributed by atoms with E-state index < -0.39 is 29.2 Å². The maximum absolute atomic E-state index is 14.2. The highest BCUT2D eigenvalue weighted by Gasteiger charge is 2.25. The third-order valence-electron chi connectivity index (χ3n) is 6.56. The molecule has 1 unspecified atom stereocenters. The summed E-state index contributed by atoms with van der Waals surface area (Å²) in [6.07, 6.45) is -0.585. The fourth-order valence-corrected chi connectivity index (χ4v) is 4.61. The van der Waals surface area contributed by atoms with E-state index in [1.165, 1.54) is 10.6 Å². The van der Waals surface area contributed by atoms with Gasteiger partial charge in [0.1, 0.15) is 23.8 Å². The van der Waals surface area contributed by atoms with Crippen molar-refractivity contribution in [1.29, 1.82) is 5.26 Å². The van der Waals surface area contributed by atoms with E-state index >= 15 is 0 Å². The molecule has 0 aliphatic rings. The first-order valence-electron chi connectivity index (χ1n) is 13.4. The van der Waals surface area contributed by atoms with Gasteiger partial charge in [0, 0.05) is 24.9 Å². The second-order valence-electron chi connectivity index (χ2n) is 11.1. The standard InChI is InChI=1S/C32H32F2N4O4/c1-19-13-27-30(20(2)37-38(27)29(14-19)41-18-24-25(33)7-6-8-26(24)34)28(39)15-23(17-36-31(40)42-32(3,4)5)22-11-9-21(16-35)10-12-22/h6-14,23H,15,17-18H2,1-5H3,(H,36,40). The van der Waals surface area contributed by atoms with Crippen molar-refractivity contribution in [1.82, 2.24) is 14.9 Å². The van der Waals surface area contributed by atoms with Crippen molar-refractivity contribution in [3.63, 3.8) is 0 Å². The molecule has 1 atom stereocenters. The first-order valence-corrected chi connectivity index (χ1v) is 13.4. The molecule has 0 fully saturated rings. The molecule has 4 rings (SSSR count). The minimum atomic E-state index is -0.722. The number of ether oxygens (including phenoxy) is 2. The number of nitrogens with zero attached hydrogens (tertiary/aromatic N) is 3. The molecular weight excluding hydrogens is 542 g/mol. The minimum absolute atomic E-state index is 0.0223. The van der Waals surface area contributed by atoms with Crippen LogP contribution in [0, 0.1) is 36.8 Å². The Hall–Kier alpha value is -4.78. The number of aryl methyl sites for hydroxylation is 2. The molecule has 8 nitrogen and oxygen atoms in total. The fourth-order valence-electron chi connectivity index (χ4n) is 4.61. The predicted molar refractivity (Wildman–Crippen MR) is 152 cm³/mol. The van der Waals surface area contributed by atoms with Crippen LogP contribution in [0.5, 0.6) is 5.88 Å². The largest absolute Gasteiger partial charge is 0.473 e. The van der Waals surface area contributed by atoms with E-state index in [4.69, 9.17) is 9.47 Å². The fraction of sp³-hybridized carbons (Fsp3) is 0.312. The molecule has 0 radical (unpaired) electrons. The molecule has 0 saturated carbocycles. The Bertz CT molecular complexity index is 1650. The van der Waals surface area contributed by atoms with Crippen molar-refractivity contribution in [3.05, 3.63) is 99.7 Å². The third kappa shape index (κ3) is 7.10. The van der Waals surface area contributed by atoms with Crippen LogP contribution in [0.2, 0.25) is 0 Å². The molecule has 1 N–H and O–H groups in total. The number of fused-ring (bicyclic) bond motifs is 1. The summed E-state index contributed by atoms with van der Waals surface area (Å²) in [6.45, 7) is 8.55. The SMILES string of the molecule is Cc1cc(OCc2c(F)cccc2F)n2nc(C)c(C(=O)CC(CNC(=O)OC(C)(C)C)c3ccc(C#N)cc3)c2c1. The topological polar surface area (TPSA) is 106 Å². The van der Waals surface area contributed by atoms with E-state index in [9.17, 15) is 23.6 Å². The van der Waals surface area contributed by atoms with Gasteiger partial charge in [-0.1, -0.05) is 18.2 Å². The number of rotatable bonds is 9. The first kappa shape index (κ1) is 30.2. The number of pyridine rings is 1. The predicted octanol–water partition coefficient (Wildman–Crippen LogP) is 6.56. The van der Waals surface area contributed by atoms with E-state index in [2.05, 4.69) is 16.5 Å². The maximum atomic E-state index is 14.2. The van der Waals surface area contributed by atoms with Gasteiger partial charge in [-0.15, -0.1) is 0 Å². The van der Waals surface area contributed by atoms with E-state index in [0.29, 0.717) is 22.3 Å². The molecule has 4 aromatic rings. The lowest BCUT2D eigenvalue weighted by Crippen LogP contribution is -2.35. The lowest BCUT2D eigenvalue weighted by atomic mass is 9.90. The molecule has 0 aliphatic carbocycles. The summed E-state index contributed by atoms with van der Waals surface area (Å²) in [6, 6.07) is 16.0. The van der Waals surface area contributed by atoms with Crippen molar-refractivity contribution in [3.8, 4) is 11.9 Å². The van der Waals surface area contributed by atoms with Crippen LogP contribution < -0.4 is 10.1 Å². The van der Waals surface area contributed by atoms with Crippen LogP contribution in [-0.4, -0.2) is 33.6 Å². The Labute approximate surface area is 242 Å². The van der Waals surface area contributed by atoms with Crippen molar-refractivity contribution >= 4 is 17.4 Å². The van der Waals surface area contributed by atoms with Gasteiger partial charge in [0.15, 0.2) is 5.78 Å². The molecule has 10 heteroatoms. The monoisotopic (exact) mass is 574 g/mol. The van der Waals surface area contributed by atoms with Crippen LogP contribution in [0.15, 0.2) is 54.6 Å². The van der Waals surface area contributed by atoms with Gasteiger partial charge < -0.3 is 14.8 Å². The number of benzene rings is 2. The van der Waals surface area contributed by atoms with Gasteiger partial charge in [-0.05, 0) is 76.1 Å². The number of hydrogen-bond acceptors (Lipinski definition) is 6. The first-order chi connectivity index (χ1) is 19.9. The molecule has 2 heterocycles. The van der Waals surface area contributed by atoms with E-state index in [1.54, 1.807) is 64.1 Å². The van der Waals surface area contributed by atoms with Crippen molar-refractivity contribution in [2.45, 2.75) is 59.2 Å². The number of hydrogen-bond donors (Lipinski definition) is 1. The summed E-state index contributed by atoms with van der Waals surface area (Å²) >= 11 is 0. The van der Waals surface area contributed by atoms with Gasteiger partial charge in [-0.25, -0.2) is 18.1 Å². The van der Waals surface area contributed by atoms with E-state index in [1.807, 2.05) is 6.92 Å². The highest BCUT2D eigenvalue weighted by Crippen LogP contribution is 2.29. The smallest absolute Gasteiger partial charge is 0.407 e. The Morgan fingerprint density at radius 3 is 2.36 bits per heavy atom. The molecule has 0 bridgehead atoms. The molecule has 2 aromatic heterocycles. The van der Waals surface area contributed by atoms with Crippen LogP contribution in [0.3, 0.4) is 0 Å². The molecular formula is C32H32F2N4O4. The van der Waals surface area contributed by atoms with E-state index in [0.717, 1.165) is 23.3 Å². The molecule has 218 valence electrons. The normalized spacial score (nSPS) is 12.0. The number of amides is 1. The number of aromatic nitrogens is 2. The number of Topliss-reactive ketones (excluding diaryl/α,β-unsaturated/α-hetero) is 1. The van der Waals surface area contributed by atoms with Gasteiger partial charge in [-0.3, -0.25) is 4.79 Å². The van der Waals surface area contributed by atoms with Gasteiger partial charge in [0.05, 0.1) is 34.0 Å². The van der Waals surface area contributed by atoms with Gasteiger partial charge >= 0.3 is 6.09 Å². The average Bonchev–Trinajstić information content (AvgIpc) is 3.25. The van der Waals surface area contributed by atoms with Gasteiger partial charge in [0.2, 0.25) is 5.88 Å². The summed E-state index contributed by atoms with van der Waals surface area (Å²) in [7, 11) is 0. The molecule has 0 saturated heterocycles. The summed E-state index contributed by atoms with van der Waals surface area (Å²) in [5.41, 5.74) is 2.40. The lowest BCUT2D eigenvalue weighted by Gasteiger charge is -2.22. The maximum Gasteiger partial charge on any atom is 0.407 e. The number of carbonyl (C=O) groups excluding carboxylic acids is 2. The zero-order valence-corrected chi connectivity index (χ0v) is 24.1. The molecule has 2 aromatic carbocycles. The Morgan fingerprint density at radius 2 is 1.74 bits per heavy atom. The van der Waals surface area contributed by atoms with E-state index in [-0.39, 0.29) is 36.8 Å². The van der Waals surface area contributed by atoms with Crippen LogP contribution in [-0.2, 0) is 11.3 Å². The lowest BCUT2D eigenvalue weighted by molar-refractivity contribution is 0.0522. The summed E-state index contributed by atoms with van der Waals surface area (Å²) in [5, 5.41) is 16.4. The number of alkyl carbamates (subject to hydrolysis) is 1. The average molecular weight is 575 g/mol. The van der Waals surface area contributed by atoms with Gasteiger partial charge in [-0.2, -0.15) is 10.4 Å². The summed E-state index contributed by atoms with van der Waals surface area (Å²) in [4.78, 5) is 26.2. The quantitative estimate of drug-likeness (QED) is 0.227. The molecule has 42 heavy (non-hydrogen) atoms. The Morgan fingerprint density at radius 1 is 1.07 bits per heavy atom. The van der Waals surface area contributed by atoms with Crippen molar-refractivity contribution in [2.75, 3.05) is 6.54 Å². The minimum Gasteiger partial charge on any atom is -0.473 e. The third-order valence-corrected chi connectivity index (χ3v) is 6.56. The highest BCUT2D eigenvalue weighted by molar-refractivity contribution is 6.04. The molecule has 0 spiro atoms. The zero-order chi connectivity index (χ0) is 30.6. The van der Waals surface area contributed by atoms with Crippen LogP contribution in [0.4, 0.5) is 13.6 Å². The molecule has 0 aliphatic heterocycles. The van der Waals surface area contributed by atoms with Crippen molar-refractivity contribution in [2.24, 2.45) is 0 Å². The number of nitriles is 1. The summed E-state index contributed by atoms with van der Waals surface area (Å²) in [5.74, 6) is -1.87. The second kappa shape index (κ2) is 12.4. The number of halogens is 2. The number of ketones is 1. The zero-order valence-electron chi connectivity index (χ0n) is 24.1. The summed E-state index contributed by atoms with van der Waals surface area (Å²) < 4.78 is 41.0. The van der Waals surface area contributed by atoms with Crippen LogP contribution in [0.1, 0.15) is 71.4 Å². The van der Waals surface area contributed by atoms with Gasteiger partial charge in [0.25, 0.3) is 0 Å². The Balaban J connectivity index is 1.63. The second-order valence-corrected chi connectivity index (χ2v) is 11.1. The number of carbonyl (C=O) groups is 2. The van der Waals surface area contributed by atoms with Crippen LogP contribution >= 0.6 is 0 Å². The van der Waals surface area contributed by atoms with Crippen molar-refractivity contribution < 1.29 is 27.8 Å².